The smallest absolute Gasteiger partial charge is 0.331 e. The molecule has 33 heavy (non-hydrogen) atoms. The average molecular weight is 443 g/mol. The molecule has 1 saturated heterocycles. The number of nitrogens with zero attached hydrogens (tertiary/aromatic N) is 1. The molecule has 1 fully saturated rings. The van der Waals surface area contributed by atoms with E-state index in [9.17, 15) is 19.2 Å². The van der Waals surface area contributed by atoms with E-state index in [2.05, 4.69) is 5.32 Å². The van der Waals surface area contributed by atoms with Crippen LogP contribution in [0, 0.1) is 0 Å². The number of nitrogens with one attached hydrogen (secondary N) is 2. The summed E-state index contributed by atoms with van der Waals surface area (Å²) in [6.07, 6.45) is 0. The van der Waals surface area contributed by atoms with Gasteiger partial charge in [0.15, 0.2) is 0 Å². The van der Waals surface area contributed by atoms with Crippen LogP contribution in [0.5, 0.6) is 5.75 Å². The van der Waals surface area contributed by atoms with Gasteiger partial charge in [0.25, 0.3) is 5.91 Å². The van der Waals surface area contributed by atoms with Gasteiger partial charge in [-0.2, -0.15) is 0 Å². The van der Waals surface area contributed by atoms with Crippen LogP contribution in [-0.4, -0.2) is 35.8 Å². The van der Waals surface area contributed by atoms with Crippen molar-refractivity contribution in [3.8, 4) is 16.9 Å². The van der Waals surface area contributed by atoms with Crippen LogP contribution in [0.3, 0.4) is 0 Å². The van der Waals surface area contributed by atoms with Crippen LogP contribution in [0.1, 0.15) is 21.5 Å². The van der Waals surface area contributed by atoms with E-state index in [1.807, 2.05) is 59.9 Å². The fourth-order valence-electron chi connectivity index (χ4n) is 3.51. The number of imide groups is 2. The van der Waals surface area contributed by atoms with Gasteiger partial charge in [0, 0.05) is 6.54 Å². The summed E-state index contributed by atoms with van der Waals surface area (Å²) < 4.78 is 5.29. The first-order valence-corrected chi connectivity index (χ1v) is 10.2. The van der Waals surface area contributed by atoms with E-state index in [0.717, 1.165) is 21.6 Å². The summed E-state index contributed by atoms with van der Waals surface area (Å²) in [6.45, 7) is 0.171. The third-order valence-electron chi connectivity index (χ3n) is 5.27. The maximum Gasteiger partial charge on any atom is 0.331 e. The molecule has 8 nitrogen and oxygen atoms in total. The Morgan fingerprint density at radius 3 is 2.21 bits per heavy atom. The molecule has 1 heterocycles. The highest BCUT2D eigenvalue weighted by Gasteiger charge is 2.36. The second-order valence-electron chi connectivity index (χ2n) is 7.43. The Morgan fingerprint density at radius 1 is 0.909 bits per heavy atom. The minimum Gasteiger partial charge on any atom is -0.496 e. The van der Waals surface area contributed by atoms with Gasteiger partial charge in [0.2, 0.25) is 0 Å². The van der Waals surface area contributed by atoms with E-state index in [1.54, 1.807) is 12.1 Å². The van der Waals surface area contributed by atoms with Crippen molar-refractivity contribution in [2.24, 2.45) is 0 Å². The number of hydrogen-bond donors (Lipinski definition) is 2. The van der Waals surface area contributed by atoms with Crippen LogP contribution in [0.2, 0.25) is 0 Å². The normalized spacial score (nSPS) is 13.1. The van der Waals surface area contributed by atoms with E-state index in [-0.39, 0.29) is 18.0 Å². The number of urea groups is 1. The topological polar surface area (TPSA) is 105 Å². The maximum absolute atomic E-state index is 12.9. The molecule has 0 unspecified atom stereocenters. The minimum absolute atomic E-state index is 0.137. The lowest BCUT2D eigenvalue weighted by Gasteiger charge is -2.14. The number of carbonyl (C=O) groups is 4. The Hall–Kier alpha value is -4.46. The first-order chi connectivity index (χ1) is 16.0. The minimum atomic E-state index is -0.968. The Morgan fingerprint density at radius 2 is 1.58 bits per heavy atom. The van der Waals surface area contributed by atoms with Gasteiger partial charge in [0.05, 0.1) is 19.2 Å². The third kappa shape index (κ3) is 4.74. The number of hydrogen-bond acceptors (Lipinski definition) is 5. The highest BCUT2D eigenvalue weighted by Crippen LogP contribution is 2.22. The first-order valence-electron chi connectivity index (χ1n) is 10.2. The van der Waals surface area contributed by atoms with Gasteiger partial charge in [0.1, 0.15) is 5.75 Å². The molecule has 3 aromatic carbocycles. The lowest BCUT2D eigenvalue weighted by molar-refractivity contribution is -0.140. The predicted octanol–water partition coefficient (Wildman–Crippen LogP) is 2.87. The quantitative estimate of drug-likeness (QED) is 0.432. The van der Waals surface area contributed by atoms with Gasteiger partial charge in [-0.3, -0.25) is 24.6 Å². The van der Waals surface area contributed by atoms with Gasteiger partial charge < -0.3 is 10.1 Å². The molecule has 0 aliphatic carbocycles. The molecule has 0 aromatic heterocycles. The van der Waals surface area contributed by atoms with Crippen molar-refractivity contribution in [3.63, 3.8) is 0 Å². The second kappa shape index (κ2) is 9.35. The van der Waals surface area contributed by atoms with E-state index < -0.39 is 17.8 Å². The van der Waals surface area contributed by atoms with Crippen molar-refractivity contribution in [3.05, 3.63) is 89.5 Å². The van der Waals surface area contributed by atoms with Gasteiger partial charge in [-0.05, 0) is 34.4 Å². The zero-order valence-electron chi connectivity index (χ0n) is 17.8. The zero-order chi connectivity index (χ0) is 23.4. The van der Waals surface area contributed by atoms with Crippen LogP contribution >= 0.6 is 0 Å². The molecule has 0 atom stereocenters. The SMILES string of the molecule is COc1ccc(CN2C(=O)NC(=O)C2=O)cc1C(=O)NCc1ccc(-c2ccccc2)cc1. The van der Waals surface area contributed by atoms with Gasteiger partial charge in [-0.15, -0.1) is 0 Å². The number of carbonyl (C=O) groups excluding carboxylic acids is 4. The Kier molecular flexibility index (Phi) is 6.17. The highest BCUT2D eigenvalue weighted by molar-refractivity contribution is 6.44. The summed E-state index contributed by atoms with van der Waals surface area (Å²) in [4.78, 5) is 48.6. The Balaban J connectivity index is 1.45. The second-order valence-corrected chi connectivity index (χ2v) is 7.43. The lowest BCUT2D eigenvalue weighted by Crippen LogP contribution is -2.30. The Labute approximate surface area is 190 Å². The molecule has 0 bridgehead atoms. The monoisotopic (exact) mass is 443 g/mol. The third-order valence-corrected chi connectivity index (χ3v) is 5.27. The summed E-state index contributed by atoms with van der Waals surface area (Å²) in [5.41, 5.74) is 3.89. The van der Waals surface area contributed by atoms with Crippen molar-refractivity contribution >= 4 is 23.8 Å². The molecular weight excluding hydrogens is 422 g/mol. The zero-order valence-corrected chi connectivity index (χ0v) is 17.8. The van der Waals surface area contributed by atoms with Crippen LogP contribution in [0.4, 0.5) is 4.79 Å². The molecule has 5 amide bonds. The molecule has 3 aromatic rings. The molecule has 0 saturated carbocycles. The average Bonchev–Trinajstić information content (AvgIpc) is 3.09. The van der Waals surface area contributed by atoms with Crippen LogP contribution in [0.15, 0.2) is 72.8 Å². The van der Waals surface area contributed by atoms with Crippen molar-refractivity contribution in [2.45, 2.75) is 13.1 Å². The number of methoxy groups -OCH3 is 1. The number of benzene rings is 3. The predicted molar refractivity (Wildman–Crippen MR) is 120 cm³/mol. The van der Waals surface area contributed by atoms with Crippen molar-refractivity contribution in [1.82, 2.24) is 15.5 Å². The molecule has 1 aliphatic rings. The van der Waals surface area contributed by atoms with Crippen LogP contribution < -0.4 is 15.4 Å². The van der Waals surface area contributed by atoms with Gasteiger partial charge in [-0.1, -0.05) is 60.7 Å². The van der Waals surface area contributed by atoms with Crippen molar-refractivity contribution < 1.29 is 23.9 Å². The fourth-order valence-corrected chi connectivity index (χ4v) is 3.51. The fraction of sp³-hybridized carbons (Fsp3) is 0.120. The molecule has 8 heteroatoms. The molecular formula is C25H21N3O5. The van der Waals surface area contributed by atoms with Crippen molar-refractivity contribution in [2.75, 3.05) is 7.11 Å². The van der Waals surface area contributed by atoms with Gasteiger partial charge >= 0.3 is 17.8 Å². The molecule has 0 radical (unpaired) electrons. The van der Waals surface area contributed by atoms with Crippen LogP contribution in [-0.2, 0) is 22.7 Å². The number of ether oxygens (including phenoxy) is 1. The lowest BCUT2D eigenvalue weighted by atomic mass is 10.0. The number of amides is 5. The largest absolute Gasteiger partial charge is 0.496 e. The van der Waals surface area contributed by atoms with Crippen molar-refractivity contribution in [1.29, 1.82) is 0 Å². The molecule has 2 N–H and O–H groups in total. The maximum atomic E-state index is 12.9. The summed E-state index contributed by atoms with van der Waals surface area (Å²) >= 11 is 0. The van der Waals surface area contributed by atoms with E-state index >= 15 is 0 Å². The standard InChI is InChI=1S/C25H21N3O5/c1-33-21-12-9-17(15-28-24(31)23(30)27-25(28)32)13-20(21)22(29)26-14-16-7-10-19(11-8-16)18-5-3-2-4-6-18/h2-13H,14-15H2,1H3,(H,26,29)(H,27,30,32). The molecule has 0 spiro atoms. The summed E-state index contributed by atoms with van der Waals surface area (Å²) in [6, 6.07) is 21.8. The van der Waals surface area contributed by atoms with E-state index in [0.29, 0.717) is 17.9 Å². The summed E-state index contributed by atoms with van der Waals surface area (Å²) in [7, 11) is 1.45. The Bertz CT molecular complexity index is 1220. The highest BCUT2D eigenvalue weighted by atomic mass is 16.5. The summed E-state index contributed by atoms with van der Waals surface area (Å²) in [5.74, 6) is -1.91. The number of rotatable bonds is 7. The first kappa shape index (κ1) is 21.8. The molecule has 166 valence electrons. The molecule has 4 rings (SSSR count). The van der Waals surface area contributed by atoms with E-state index in [4.69, 9.17) is 4.74 Å². The van der Waals surface area contributed by atoms with E-state index in [1.165, 1.54) is 13.2 Å². The van der Waals surface area contributed by atoms with Crippen LogP contribution in [0.25, 0.3) is 11.1 Å². The summed E-state index contributed by atoms with van der Waals surface area (Å²) in [5, 5.41) is 4.81. The van der Waals surface area contributed by atoms with Gasteiger partial charge in [-0.25, -0.2) is 4.79 Å². The molecule has 1 aliphatic heterocycles.